The second-order valence-corrected chi connectivity index (χ2v) is 2.65. The van der Waals surface area contributed by atoms with Crippen molar-refractivity contribution in [1.82, 2.24) is 0 Å². The van der Waals surface area contributed by atoms with E-state index in [0.717, 1.165) is 6.08 Å². The van der Waals surface area contributed by atoms with Crippen LogP contribution in [0.3, 0.4) is 0 Å². The maximum Gasteiger partial charge on any atom is 0.339 e. The zero-order valence-corrected chi connectivity index (χ0v) is 7.45. The van der Waals surface area contributed by atoms with Crippen molar-refractivity contribution in [3.05, 3.63) is 45.6 Å². The van der Waals surface area contributed by atoms with Gasteiger partial charge in [0.15, 0.2) is 0 Å². The Labute approximate surface area is 84.2 Å². The van der Waals surface area contributed by atoms with E-state index in [2.05, 4.69) is 0 Å². The molecular formula is C9H7NO5. The lowest BCUT2D eigenvalue weighted by Gasteiger charge is -2.01. The first-order chi connectivity index (χ1) is 7.02. The molecule has 1 rings (SSSR count). The summed E-state index contributed by atoms with van der Waals surface area (Å²) in [5.74, 6) is -1.77. The third kappa shape index (κ3) is 2.53. The van der Waals surface area contributed by atoms with Crippen molar-refractivity contribution in [3.8, 4) is 5.75 Å². The number of para-hydroxylation sites is 1. The molecule has 0 unspecified atom stereocenters. The largest absolute Gasteiger partial charge is 0.506 e. The molecule has 2 N–H and O–H groups in total. The number of aromatic carboxylic acids is 1. The summed E-state index contributed by atoms with van der Waals surface area (Å²) in [6.45, 7) is 0. The summed E-state index contributed by atoms with van der Waals surface area (Å²) in [6, 6.07) is 3.98. The average Bonchev–Trinajstić information content (AvgIpc) is 2.15. The van der Waals surface area contributed by atoms with E-state index in [1.165, 1.54) is 18.2 Å². The van der Waals surface area contributed by atoms with Crippen molar-refractivity contribution in [1.29, 1.82) is 0 Å². The molecule has 6 nitrogen and oxygen atoms in total. The number of benzene rings is 1. The second kappa shape index (κ2) is 4.23. The highest BCUT2D eigenvalue weighted by molar-refractivity contribution is 5.92. The summed E-state index contributed by atoms with van der Waals surface area (Å²) in [7, 11) is 0. The molecule has 6 heteroatoms. The van der Waals surface area contributed by atoms with Gasteiger partial charge in [0.1, 0.15) is 11.3 Å². The van der Waals surface area contributed by atoms with Gasteiger partial charge in [-0.05, 0) is 6.07 Å². The van der Waals surface area contributed by atoms with E-state index in [1.807, 2.05) is 0 Å². The highest BCUT2D eigenvalue weighted by Crippen LogP contribution is 2.23. The summed E-state index contributed by atoms with van der Waals surface area (Å²) in [5.41, 5.74) is -0.202. The van der Waals surface area contributed by atoms with Gasteiger partial charge >= 0.3 is 5.97 Å². The molecule has 0 amide bonds. The van der Waals surface area contributed by atoms with Crippen molar-refractivity contribution in [2.24, 2.45) is 0 Å². The summed E-state index contributed by atoms with van der Waals surface area (Å²) in [6.07, 6.45) is 1.66. The lowest BCUT2D eigenvalue weighted by atomic mass is 10.1. The predicted octanol–water partition coefficient (Wildman–Crippen LogP) is 1.34. The SMILES string of the molecule is O=C(O)c1cccc(C=C[N+](=O)[O-])c1O. The van der Waals surface area contributed by atoms with E-state index in [1.54, 1.807) is 0 Å². The first kappa shape index (κ1) is 10.7. The normalized spacial score (nSPS) is 10.4. The number of hydrogen-bond donors (Lipinski definition) is 2. The van der Waals surface area contributed by atoms with Crippen LogP contribution in [0.1, 0.15) is 15.9 Å². The van der Waals surface area contributed by atoms with E-state index in [4.69, 9.17) is 5.11 Å². The van der Waals surface area contributed by atoms with E-state index in [-0.39, 0.29) is 11.1 Å². The number of carboxylic acids is 1. The van der Waals surface area contributed by atoms with Crippen LogP contribution in [-0.4, -0.2) is 21.1 Å². The maximum absolute atomic E-state index is 10.6. The van der Waals surface area contributed by atoms with Gasteiger partial charge in [0, 0.05) is 11.6 Å². The summed E-state index contributed by atoms with van der Waals surface area (Å²) in [4.78, 5) is 19.9. The predicted molar refractivity (Wildman–Crippen MR) is 51.1 cm³/mol. The van der Waals surface area contributed by atoms with Crippen molar-refractivity contribution in [2.45, 2.75) is 0 Å². The van der Waals surface area contributed by atoms with Crippen LogP contribution in [0.15, 0.2) is 24.4 Å². The third-order valence-electron chi connectivity index (χ3n) is 1.67. The van der Waals surface area contributed by atoms with Gasteiger partial charge in [-0.25, -0.2) is 4.79 Å². The number of carbonyl (C=O) groups is 1. The minimum atomic E-state index is -1.29. The van der Waals surface area contributed by atoms with Crippen LogP contribution in [0.5, 0.6) is 5.75 Å². The summed E-state index contributed by atoms with van der Waals surface area (Å²) < 4.78 is 0. The molecule has 0 spiro atoms. The molecule has 0 bridgehead atoms. The molecule has 0 saturated carbocycles. The summed E-state index contributed by atoms with van der Waals surface area (Å²) >= 11 is 0. The van der Waals surface area contributed by atoms with E-state index >= 15 is 0 Å². The molecule has 0 radical (unpaired) electrons. The van der Waals surface area contributed by atoms with E-state index in [9.17, 15) is 20.0 Å². The lowest BCUT2D eigenvalue weighted by Crippen LogP contribution is -1.97. The van der Waals surface area contributed by atoms with E-state index < -0.39 is 16.6 Å². The number of carboxylic acid groups (broad SMARTS) is 1. The molecule has 0 saturated heterocycles. The van der Waals surface area contributed by atoms with Gasteiger partial charge in [-0.1, -0.05) is 12.1 Å². The zero-order valence-electron chi connectivity index (χ0n) is 7.45. The standard InChI is InChI=1S/C9H7NO5/c11-8-6(4-5-10(14)15)2-1-3-7(8)9(12)13/h1-5,11H,(H,12,13). The number of aromatic hydroxyl groups is 1. The van der Waals surface area contributed by atoms with Crippen molar-refractivity contribution in [3.63, 3.8) is 0 Å². The Hall–Kier alpha value is -2.37. The highest BCUT2D eigenvalue weighted by atomic mass is 16.6. The third-order valence-corrected chi connectivity index (χ3v) is 1.67. The summed E-state index contributed by atoms with van der Waals surface area (Å²) in [5, 5.41) is 28.1. The van der Waals surface area contributed by atoms with Crippen molar-refractivity contribution in [2.75, 3.05) is 0 Å². The number of hydrogen-bond acceptors (Lipinski definition) is 4. The van der Waals surface area contributed by atoms with Gasteiger partial charge in [-0.15, -0.1) is 0 Å². The molecular weight excluding hydrogens is 202 g/mol. The Balaban J connectivity index is 3.15. The van der Waals surface area contributed by atoms with Crippen LogP contribution in [0.4, 0.5) is 0 Å². The number of nitrogens with zero attached hydrogens (tertiary/aromatic N) is 1. The lowest BCUT2D eigenvalue weighted by molar-refractivity contribution is -0.400. The van der Waals surface area contributed by atoms with Gasteiger partial charge in [0.2, 0.25) is 6.20 Å². The average molecular weight is 209 g/mol. The fourth-order valence-corrected chi connectivity index (χ4v) is 1.01. The van der Waals surface area contributed by atoms with Gasteiger partial charge in [0.25, 0.3) is 0 Å². The van der Waals surface area contributed by atoms with Gasteiger partial charge in [0.05, 0.1) is 4.92 Å². The fraction of sp³-hybridized carbons (Fsp3) is 0. The molecule has 0 aliphatic carbocycles. The molecule has 0 aliphatic rings. The Bertz CT molecular complexity index is 438. The van der Waals surface area contributed by atoms with Crippen LogP contribution in [0, 0.1) is 10.1 Å². The minimum Gasteiger partial charge on any atom is -0.506 e. The minimum absolute atomic E-state index is 0.0894. The Morgan fingerprint density at radius 3 is 2.67 bits per heavy atom. The molecule has 1 aromatic rings. The van der Waals surface area contributed by atoms with Gasteiger partial charge in [-0.2, -0.15) is 0 Å². The monoisotopic (exact) mass is 209 g/mol. The number of nitro groups is 1. The smallest absolute Gasteiger partial charge is 0.339 e. The van der Waals surface area contributed by atoms with E-state index in [0.29, 0.717) is 6.20 Å². The van der Waals surface area contributed by atoms with Crippen molar-refractivity contribution >= 4 is 12.0 Å². The Morgan fingerprint density at radius 1 is 1.47 bits per heavy atom. The Morgan fingerprint density at radius 2 is 2.13 bits per heavy atom. The first-order valence-corrected chi connectivity index (χ1v) is 3.89. The van der Waals surface area contributed by atoms with Crippen LogP contribution in [-0.2, 0) is 0 Å². The molecule has 0 atom stereocenters. The molecule has 0 aromatic heterocycles. The quantitative estimate of drug-likeness (QED) is 0.577. The maximum atomic E-state index is 10.6. The topological polar surface area (TPSA) is 101 Å². The molecule has 0 aliphatic heterocycles. The number of rotatable bonds is 3. The molecule has 15 heavy (non-hydrogen) atoms. The van der Waals surface area contributed by atoms with Gasteiger partial charge < -0.3 is 10.2 Å². The Kier molecular flexibility index (Phi) is 3.02. The number of phenols is 1. The molecule has 0 fully saturated rings. The van der Waals surface area contributed by atoms with Crippen LogP contribution < -0.4 is 0 Å². The van der Waals surface area contributed by atoms with Crippen LogP contribution in [0.25, 0.3) is 6.08 Å². The van der Waals surface area contributed by atoms with Gasteiger partial charge in [-0.3, -0.25) is 10.1 Å². The molecule has 78 valence electrons. The fourth-order valence-electron chi connectivity index (χ4n) is 1.01. The first-order valence-electron chi connectivity index (χ1n) is 3.89. The molecule has 0 heterocycles. The van der Waals surface area contributed by atoms with Crippen LogP contribution in [0.2, 0.25) is 0 Å². The van der Waals surface area contributed by atoms with Crippen LogP contribution >= 0.6 is 0 Å². The van der Waals surface area contributed by atoms with Crippen molar-refractivity contribution < 1.29 is 19.9 Å². The second-order valence-electron chi connectivity index (χ2n) is 2.65. The zero-order chi connectivity index (χ0) is 11.4. The highest BCUT2D eigenvalue weighted by Gasteiger charge is 2.11. The molecule has 1 aromatic carbocycles.